The molecule has 2 aromatic rings. The highest BCUT2D eigenvalue weighted by Gasteiger charge is 2.02. The molecule has 1 heterocycles. The number of ether oxygens (including phenoxy) is 1. The molecule has 0 fully saturated rings. The number of hydrogen-bond donors (Lipinski definition) is 2. The lowest BCUT2D eigenvalue weighted by Crippen LogP contribution is -2.10. The van der Waals surface area contributed by atoms with E-state index >= 15 is 0 Å². The fourth-order valence-electron chi connectivity index (χ4n) is 1.75. The molecule has 1 aromatic heterocycles. The number of nitrogens with one attached hydrogen (secondary N) is 1. The van der Waals surface area contributed by atoms with Crippen molar-refractivity contribution >= 4 is 11.5 Å². The first-order chi connectivity index (χ1) is 9.63. The van der Waals surface area contributed by atoms with E-state index in [0.717, 1.165) is 24.5 Å². The molecule has 0 atom stereocenters. The zero-order chi connectivity index (χ0) is 14.4. The summed E-state index contributed by atoms with van der Waals surface area (Å²) in [5.41, 5.74) is 7.67. The average Bonchev–Trinajstić information content (AvgIpc) is 2.41. The summed E-state index contributed by atoms with van der Waals surface area (Å²) in [6.45, 7) is 4.70. The van der Waals surface area contributed by atoms with Gasteiger partial charge in [-0.05, 0) is 38.0 Å². The van der Waals surface area contributed by atoms with Gasteiger partial charge in [-0.25, -0.2) is 0 Å². The smallest absolute Gasteiger partial charge is 0.234 e. The minimum atomic E-state index is 0.0920. The Morgan fingerprint density at radius 2 is 1.95 bits per heavy atom. The summed E-state index contributed by atoms with van der Waals surface area (Å²) in [6.07, 6.45) is 4.30. The first kappa shape index (κ1) is 14.1. The van der Waals surface area contributed by atoms with Crippen molar-refractivity contribution < 1.29 is 4.74 Å². The molecule has 0 spiro atoms. The monoisotopic (exact) mass is 272 g/mol. The second kappa shape index (κ2) is 6.75. The molecular weight excluding hydrogens is 252 g/mol. The van der Waals surface area contributed by atoms with Crippen LogP contribution in [0.3, 0.4) is 0 Å². The first-order valence-electron chi connectivity index (χ1n) is 6.70. The van der Waals surface area contributed by atoms with E-state index in [9.17, 15) is 0 Å². The minimum Gasteiger partial charge on any atom is -0.474 e. The van der Waals surface area contributed by atoms with Crippen LogP contribution in [-0.2, 0) is 6.42 Å². The number of nitrogens with zero attached hydrogens (tertiary/aromatic N) is 2. The fourth-order valence-corrected chi connectivity index (χ4v) is 1.75. The SMILES string of the molecule is CC(C)Oc1cncc(NCCc2ccc(N)cc2)n1. The third-order valence-electron chi connectivity index (χ3n) is 2.67. The van der Waals surface area contributed by atoms with Crippen LogP contribution in [-0.4, -0.2) is 22.6 Å². The number of nitrogen functional groups attached to an aromatic ring is 1. The molecule has 2 rings (SSSR count). The van der Waals surface area contributed by atoms with Gasteiger partial charge >= 0.3 is 0 Å². The third kappa shape index (κ3) is 4.42. The number of hydrogen-bond acceptors (Lipinski definition) is 5. The lowest BCUT2D eigenvalue weighted by atomic mass is 10.1. The van der Waals surface area contributed by atoms with Crippen molar-refractivity contribution in [2.24, 2.45) is 0 Å². The maximum Gasteiger partial charge on any atom is 0.234 e. The molecule has 0 aliphatic carbocycles. The van der Waals surface area contributed by atoms with E-state index in [1.165, 1.54) is 5.56 Å². The molecule has 0 saturated heterocycles. The summed E-state index contributed by atoms with van der Waals surface area (Å²) in [4.78, 5) is 8.45. The van der Waals surface area contributed by atoms with Crippen molar-refractivity contribution in [3.8, 4) is 5.88 Å². The van der Waals surface area contributed by atoms with Crippen molar-refractivity contribution in [1.82, 2.24) is 9.97 Å². The Balaban J connectivity index is 1.86. The van der Waals surface area contributed by atoms with Crippen molar-refractivity contribution in [1.29, 1.82) is 0 Å². The Labute approximate surface area is 119 Å². The molecule has 0 radical (unpaired) electrons. The van der Waals surface area contributed by atoms with E-state index in [2.05, 4.69) is 15.3 Å². The lowest BCUT2D eigenvalue weighted by Gasteiger charge is -2.10. The van der Waals surface area contributed by atoms with Gasteiger partial charge in [0.1, 0.15) is 5.82 Å². The lowest BCUT2D eigenvalue weighted by molar-refractivity contribution is 0.232. The number of rotatable bonds is 6. The normalized spacial score (nSPS) is 10.6. The Kier molecular flexibility index (Phi) is 4.76. The van der Waals surface area contributed by atoms with Gasteiger partial charge in [0, 0.05) is 12.2 Å². The molecule has 5 nitrogen and oxygen atoms in total. The van der Waals surface area contributed by atoms with Gasteiger partial charge < -0.3 is 15.8 Å². The van der Waals surface area contributed by atoms with Crippen molar-refractivity contribution in [2.45, 2.75) is 26.4 Å². The van der Waals surface area contributed by atoms with Crippen LogP contribution in [0, 0.1) is 0 Å². The Morgan fingerprint density at radius 3 is 2.65 bits per heavy atom. The number of benzene rings is 1. The van der Waals surface area contributed by atoms with Gasteiger partial charge in [0.25, 0.3) is 0 Å². The van der Waals surface area contributed by atoms with Crippen LogP contribution < -0.4 is 15.8 Å². The summed E-state index contributed by atoms with van der Waals surface area (Å²) in [7, 11) is 0. The molecule has 0 aliphatic rings. The van der Waals surface area contributed by atoms with Crippen LogP contribution in [0.25, 0.3) is 0 Å². The Bertz CT molecular complexity index is 540. The van der Waals surface area contributed by atoms with E-state index in [1.807, 2.05) is 38.1 Å². The number of nitrogens with two attached hydrogens (primary N) is 1. The predicted molar refractivity (Wildman–Crippen MR) is 80.8 cm³/mol. The Hall–Kier alpha value is -2.30. The van der Waals surface area contributed by atoms with Crippen LogP contribution in [0.2, 0.25) is 0 Å². The van der Waals surface area contributed by atoms with Crippen LogP contribution >= 0.6 is 0 Å². The largest absolute Gasteiger partial charge is 0.474 e. The van der Waals surface area contributed by atoms with E-state index in [0.29, 0.717) is 5.88 Å². The van der Waals surface area contributed by atoms with Gasteiger partial charge in [0.05, 0.1) is 18.5 Å². The van der Waals surface area contributed by atoms with Gasteiger partial charge in [-0.2, -0.15) is 4.98 Å². The van der Waals surface area contributed by atoms with E-state index in [-0.39, 0.29) is 6.10 Å². The zero-order valence-electron chi connectivity index (χ0n) is 11.8. The van der Waals surface area contributed by atoms with Gasteiger partial charge in [0.15, 0.2) is 0 Å². The van der Waals surface area contributed by atoms with Crippen molar-refractivity contribution in [3.05, 3.63) is 42.2 Å². The predicted octanol–water partition coefficient (Wildman–Crippen LogP) is 2.50. The van der Waals surface area contributed by atoms with E-state index < -0.39 is 0 Å². The molecule has 0 aliphatic heterocycles. The van der Waals surface area contributed by atoms with E-state index in [1.54, 1.807) is 12.4 Å². The molecule has 0 unspecified atom stereocenters. The second-order valence-corrected chi connectivity index (χ2v) is 4.83. The highest BCUT2D eigenvalue weighted by atomic mass is 16.5. The molecule has 3 N–H and O–H groups in total. The second-order valence-electron chi connectivity index (χ2n) is 4.83. The summed E-state index contributed by atoms with van der Waals surface area (Å²) >= 11 is 0. The highest BCUT2D eigenvalue weighted by Crippen LogP contribution is 2.11. The van der Waals surface area contributed by atoms with Crippen LogP contribution in [0.5, 0.6) is 5.88 Å². The topological polar surface area (TPSA) is 73.1 Å². The highest BCUT2D eigenvalue weighted by molar-refractivity contribution is 5.40. The summed E-state index contributed by atoms with van der Waals surface area (Å²) < 4.78 is 5.51. The van der Waals surface area contributed by atoms with Crippen LogP contribution in [0.15, 0.2) is 36.7 Å². The molecule has 5 heteroatoms. The standard InChI is InChI=1S/C15H20N4O/c1-11(2)20-15-10-17-9-14(19-15)18-8-7-12-3-5-13(16)6-4-12/h3-6,9-11H,7-8,16H2,1-2H3,(H,18,19). The summed E-state index contributed by atoms with van der Waals surface area (Å²) in [5.74, 6) is 1.26. The van der Waals surface area contributed by atoms with Gasteiger partial charge in [0.2, 0.25) is 5.88 Å². The molecule has 0 saturated carbocycles. The molecular formula is C15H20N4O. The summed E-state index contributed by atoms with van der Waals surface area (Å²) in [5, 5.41) is 3.24. The average molecular weight is 272 g/mol. The van der Waals surface area contributed by atoms with Gasteiger partial charge in [-0.3, -0.25) is 4.98 Å². The van der Waals surface area contributed by atoms with Crippen LogP contribution in [0.4, 0.5) is 11.5 Å². The number of aromatic nitrogens is 2. The quantitative estimate of drug-likeness (QED) is 0.790. The van der Waals surface area contributed by atoms with Crippen LogP contribution in [0.1, 0.15) is 19.4 Å². The minimum absolute atomic E-state index is 0.0920. The molecule has 106 valence electrons. The van der Waals surface area contributed by atoms with Gasteiger partial charge in [-0.15, -0.1) is 0 Å². The molecule has 0 amide bonds. The van der Waals surface area contributed by atoms with Crippen molar-refractivity contribution in [3.63, 3.8) is 0 Å². The molecule has 1 aromatic carbocycles. The summed E-state index contributed by atoms with van der Waals surface area (Å²) in [6, 6.07) is 7.88. The molecule has 20 heavy (non-hydrogen) atoms. The fraction of sp³-hybridized carbons (Fsp3) is 0.333. The van der Waals surface area contributed by atoms with Crippen molar-refractivity contribution in [2.75, 3.05) is 17.6 Å². The maximum absolute atomic E-state index is 5.65. The third-order valence-corrected chi connectivity index (χ3v) is 2.67. The zero-order valence-corrected chi connectivity index (χ0v) is 11.8. The number of anilines is 2. The van der Waals surface area contributed by atoms with Gasteiger partial charge in [-0.1, -0.05) is 12.1 Å². The molecule has 0 bridgehead atoms. The first-order valence-corrected chi connectivity index (χ1v) is 6.70. The maximum atomic E-state index is 5.65. The van der Waals surface area contributed by atoms with E-state index in [4.69, 9.17) is 10.5 Å². The Morgan fingerprint density at radius 1 is 1.20 bits per heavy atom.